The second-order valence-electron chi connectivity index (χ2n) is 5.44. The van der Waals surface area contributed by atoms with Crippen molar-refractivity contribution in [3.8, 4) is 0 Å². The van der Waals surface area contributed by atoms with Crippen LogP contribution in [0.1, 0.15) is 30.4 Å². The third kappa shape index (κ3) is 3.99. The van der Waals surface area contributed by atoms with Crippen LogP contribution in [-0.4, -0.2) is 35.9 Å². The molecular weight excluding hydrogens is 274 g/mol. The minimum absolute atomic E-state index is 0.113. The van der Waals surface area contributed by atoms with Crippen LogP contribution in [0.5, 0.6) is 0 Å². The molecule has 1 amide bonds. The number of carbonyl (C=O) groups is 1. The molecule has 2 unspecified atom stereocenters. The number of amides is 1. The Labute approximate surface area is 124 Å². The SMILES string of the molecule is Cc1noc(C)c1CSCC(=O)NC1CNCCC1C. The highest BCUT2D eigenvalue weighted by atomic mass is 32.2. The van der Waals surface area contributed by atoms with E-state index in [0.29, 0.717) is 11.7 Å². The van der Waals surface area contributed by atoms with Crippen LogP contribution in [0.15, 0.2) is 4.52 Å². The lowest BCUT2D eigenvalue weighted by molar-refractivity contribution is -0.119. The summed E-state index contributed by atoms with van der Waals surface area (Å²) in [5, 5.41) is 10.4. The third-order valence-electron chi connectivity index (χ3n) is 3.83. The van der Waals surface area contributed by atoms with Gasteiger partial charge in [0.2, 0.25) is 5.91 Å². The normalized spacial score (nSPS) is 22.8. The molecule has 1 aromatic rings. The summed E-state index contributed by atoms with van der Waals surface area (Å²) in [6, 6.07) is 0.260. The van der Waals surface area contributed by atoms with Crippen LogP contribution in [0.4, 0.5) is 0 Å². The van der Waals surface area contributed by atoms with Gasteiger partial charge < -0.3 is 15.2 Å². The number of aryl methyl sites for hydroxylation is 2. The predicted octanol–water partition coefficient (Wildman–Crippen LogP) is 1.64. The maximum Gasteiger partial charge on any atom is 0.230 e. The van der Waals surface area contributed by atoms with E-state index >= 15 is 0 Å². The summed E-state index contributed by atoms with van der Waals surface area (Å²) in [7, 11) is 0. The molecule has 1 fully saturated rings. The van der Waals surface area contributed by atoms with Crippen LogP contribution in [0, 0.1) is 19.8 Å². The molecule has 1 aliphatic heterocycles. The molecule has 2 N–H and O–H groups in total. The predicted molar refractivity (Wildman–Crippen MR) is 80.7 cm³/mol. The number of hydrogen-bond acceptors (Lipinski definition) is 5. The van der Waals surface area contributed by atoms with Gasteiger partial charge in [0.25, 0.3) is 0 Å². The maximum atomic E-state index is 12.0. The van der Waals surface area contributed by atoms with Crippen LogP contribution in [0.25, 0.3) is 0 Å². The fraction of sp³-hybridized carbons (Fsp3) is 0.714. The first kappa shape index (κ1) is 15.4. The number of nitrogens with one attached hydrogen (secondary N) is 2. The summed E-state index contributed by atoms with van der Waals surface area (Å²) in [6.07, 6.45) is 1.12. The molecule has 1 saturated heterocycles. The summed E-state index contributed by atoms with van der Waals surface area (Å²) >= 11 is 1.60. The molecule has 2 heterocycles. The van der Waals surface area contributed by atoms with Crippen molar-refractivity contribution in [3.63, 3.8) is 0 Å². The quantitative estimate of drug-likeness (QED) is 0.865. The topological polar surface area (TPSA) is 67.2 Å². The fourth-order valence-corrected chi connectivity index (χ4v) is 3.37. The lowest BCUT2D eigenvalue weighted by Gasteiger charge is -2.30. The zero-order chi connectivity index (χ0) is 14.5. The molecule has 5 nitrogen and oxygen atoms in total. The van der Waals surface area contributed by atoms with Crippen molar-refractivity contribution < 1.29 is 9.32 Å². The van der Waals surface area contributed by atoms with E-state index in [1.807, 2.05) is 13.8 Å². The fourth-order valence-electron chi connectivity index (χ4n) is 2.39. The first-order valence-corrected chi connectivity index (χ1v) is 8.23. The van der Waals surface area contributed by atoms with E-state index in [0.717, 1.165) is 42.3 Å². The molecule has 1 aromatic heterocycles. The Bertz CT molecular complexity index is 442. The van der Waals surface area contributed by atoms with Crippen molar-refractivity contribution in [2.75, 3.05) is 18.8 Å². The van der Waals surface area contributed by atoms with Crippen molar-refractivity contribution in [1.82, 2.24) is 15.8 Å². The molecule has 0 aromatic carbocycles. The average molecular weight is 297 g/mol. The number of thioether (sulfide) groups is 1. The van der Waals surface area contributed by atoms with E-state index in [1.54, 1.807) is 11.8 Å². The van der Waals surface area contributed by atoms with Gasteiger partial charge in [0.1, 0.15) is 5.76 Å². The van der Waals surface area contributed by atoms with Crippen molar-refractivity contribution in [1.29, 1.82) is 0 Å². The minimum Gasteiger partial charge on any atom is -0.361 e. The Morgan fingerprint density at radius 1 is 1.55 bits per heavy atom. The van der Waals surface area contributed by atoms with Crippen LogP contribution < -0.4 is 10.6 Å². The standard InChI is InChI=1S/C14H23N3O2S/c1-9-4-5-15-6-13(9)16-14(18)8-20-7-12-10(2)17-19-11(12)3/h9,13,15H,4-8H2,1-3H3,(H,16,18). The van der Waals surface area contributed by atoms with Gasteiger partial charge in [-0.3, -0.25) is 4.79 Å². The summed E-state index contributed by atoms with van der Waals surface area (Å²) in [5.41, 5.74) is 2.02. The largest absolute Gasteiger partial charge is 0.361 e. The number of hydrogen-bond donors (Lipinski definition) is 2. The van der Waals surface area contributed by atoms with E-state index < -0.39 is 0 Å². The van der Waals surface area contributed by atoms with Gasteiger partial charge in [-0.15, -0.1) is 11.8 Å². The molecule has 2 atom stereocenters. The van der Waals surface area contributed by atoms with E-state index in [1.165, 1.54) is 0 Å². The second kappa shape index (κ2) is 7.13. The highest BCUT2D eigenvalue weighted by Gasteiger charge is 2.22. The van der Waals surface area contributed by atoms with Crippen molar-refractivity contribution in [2.45, 2.75) is 39.0 Å². The Morgan fingerprint density at radius 2 is 2.35 bits per heavy atom. The van der Waals surface area contributed by atoms with Gasteiger partial charge >= 0.3 is 0 Å². The minimum atomic E-state index is 0.113. The molecule has 0 saturated carbocycles. The third-order valence-corrected chi connectivity index (χ3v) is 4.79. The van der Waals surface area contributed by atoms with Crippen LogP contribution in [-0.2, 0) is 10.5 Å². The highest BCUT2D eigenvalue weighted by molar-refractivity contribution is 7.99. The van der Waals surface area contributed by atoms with Gasteiger partial charge in [-0.1, -0.05) is 12.1 Å². The lowest BCUT2D eigenvalue weighted by atomic mass is 9.95. The second-order valence-corrected chi connectivity index (χ2v) is 6.43. The van der Waals surface area contributed by atoms with Gasteiger partial charge in [0.15, 0.2) is 0 Å². The molecule has 0 spiro atoms. The van der Waals surface area contributed by atoms with Gasteiger partial charge in [-0.25, -0.2) is 0 Å². The van der Waals surface area contributed by atoms with E-state index in [9.17, 15) is 4.79 Å². The van der Waals surface area contributed by atoms with Gasteiger partial charge in [-0.2, -0.15) is 0 Å². The van der Waals surface area contributed by atoms with Gasteiger partial charge in [0.05, 0.1) is 11.4 Å². The zero-order valence-electron chi connectivity index (χ0n) is 12.4. The molecule has 6 heteroatoms. The number of rotatable bonds is 5. The molecule has 20 heavy (non-hydrogen) atoms. The van der Waals surface area contributed by atoms with Crippen LogP contribution in [0.3, 0.4) is 0 Å². The summed E-state index contributed by atoms with van der Waals surface area (Å²) < 4.78 is 5.12. The Balaban J connectivity index is 1.72. The first-order chi connectivity index (χ1) is 9.58. The first-order valence-electron chi connectivity index (χ1n) is 7.07. The molecule has 0 bridgehead atoms. The van der Waals surface area contributed by atoms with Gasteiger partial charge in [0, 0.05) is 23.9 Å². The molecule has 1 aliphatic rings. The summed E-state index contributed by atoms with van der Waals surface area (Å²) in [6.45, 7) is 7.96. The molecule has 0 radical (unpaired) electrons. The Hall–Kier alpha value is -1.01. The monoisotopic (exact) mass is 297 g/mol. The summed E-state index contributed by atoms with van der Waals surface area (Å²) in [4.78, 5) is 12.0. The highest BCUT2D eigenvalue weighted by Crippen LogP contribution is 2.19. The van der Waals surface area contributed by atoms with Crippen LogP contribution in [0.2, 0.25) is 0 Å². The van der Waals surface area contributed by atoms with Crippen LogP contribution >= 0.6 is 11.8 Å². The maximum absolute atomic E-state index is 12.0. The smallest absolute Gasteiger partial charge is 0.230 e. The zero-order valence-corrected chi connectivity index (χ0v) is 13.2. The Morgan fingerprint density at radius 3 is 3.00 bits per heavy atom. The van der Waals surface area contributed by atoms with Crippen molar-refractivity contribution in [3.05, 3.63) is 17.0 Å². The number of aromatic nitrogens is 1. The number of piperidine rings is 1. The molecule has 0 aliphatic carbocycles. The molecular formula is C14H23N3O2S. The van der Waals surface area contributed by atoms with E-state index in [4.69, 9.17) is 4.52 Å². The lowest BCUT2D eigenvalue weighted by Crippen LogP contribution is -2.50. The summed E-state index contributed by atoms with van der Waals surface area (Å²) in [5.74, 6) is 2.76. The molecule has 112 valence electrons. The number of nitrogens with zero attached hydrogens (tertiary/aromatic N) is 1. The van der Waals surface area contributed by atoms with Crippen molar-refractivity contribution in [2.24, 2.45) is 5.92 Å². The van der Waals surface area contributed by atoms with Crippen molar-refractivity contribution >= 4 is 17.7 Å². The Kier molecular flexibility index (Phi) is 5.48. The van der Waals surface area contributed by atoms with E-state index in [-0.39, 0.29) is 11.9 Å². The average Bonchev–Trinajstić information content (AvgIpc) is 2.73. The molecule has 2 rings (SSSR count). The number of carbonyl (C=O) groups excluding carboxylic acids is 1. The van der Waals surface area contributed by atoms with Gasteiger partial charge in [-0.05, 0) is 32.7 Å². The van der Waals surface area contributed by atoms with E-state index in [2.05, 4.69) is 22.7 Å².